The lowest BCUT2D eigenvalue weighted by Gasteiger charge is -2.30. The predicted octanol–water partition coefficient (Wildman–Crippen LogP) is 4.40. The molecule has 0 aliphatic heterocycles. The Kier molecular flexibility index (Phi) is 5.49. The third-order valence-electron chi connectivity index (χ3n) is 5.81. The molecule has 2 aromatic carbocycles. The van der Waals surface area contributed by atoms with E-state index in [-0.39, 0.29) is 5.63 Å². The summed E-state index contributed by atoms with van der Waals surface area (Å²) in [5.74, 6) is 1.60. The SMILES string of the molecule is COc1cccc2c1CCCC2CN(C)CCc1ccc2oc(=O)ccc2c1. The van der Waals surface area contributed by atoms with Crippen molar-refractivity contribution in [1.29, 1.82) is 0 Å². The highest BCUT2D eigenvalue weighted by Gasteiger charge is 2.23. The Hall–Kier alpha value is -2.59. The van der Waals surface area contributed by atoms with E-state index in [2.05, 4.69) is 42.3 Å². The smallest absolute Gasteiger partial charge is 0.336 e. The van der Waals surface area contributed by atoms with Gasteiger partial charge in [-0.05, 0) is 79.6 Å². The van der Waals surface area contributed by atoms with Crippen molar-refractivity contribution in [2.75, 3.05) is 27.2 Å². The van der Waals surface area contributed by atoms with Gasteiger partial charge in [-0.2, -0.15) is 0 Å². The second-order valence-corrected chi connectivity index (χ2v) is 7.76. The Labute approximate surface area is 165 Å². The number of methoxy groups -OCH3 is 1. The van der Waals surface area contributed by atoms with Crippen LogP contribution >= 0.6 is 0 Å². The van der Waals surface area contributed by atoms with Crippen LogP contribution in [0.4, 0.5) is 0 Å². The quantitative estimate of drug-likeness (QED) is 0.597. The summed E-state index contributed by atoms with van der Waals surface area (Å²) in [6.07, 6.45) is 4.55. The van der Waals surface area contributed by atoms with Gasteiger partial charge in [0.05, 0.1) is 7.11 Å². The zero-order valence-electron chi connectivity index (χ0n) is 16.6. The molecule has 1 heterocycles. The fourth-order valence-corrected chi connectivity index (χ4v) is 4.36. The highest BCUT2D eigenvalue weighted by molar-refractivity contribution is 5.76. The van der Waals surface area contributed by atoms with Crippen molar-refractivity contribution in [1.82, 2.24) is 4.90 Å². The van der Waals surface area contributed by atoms with Crippen LogP contribution in [0.15, 0.2) is 57.7 Å². The molecule has 1 unspecified atom stereocenters. The van der Waals surface area contributed by atoms with Crippen molar-refractivity contribution in [3.63, 3.8) is 0 Å². The van der Waals surface area contributed by atoms with Gasteiger partial charge in [-0.25, -0.2) is 4.79 Å². The molecule has 0 N–H and O–H groups in total. The van der Waals surface area contributed by atoms with E-state index in [1.165, 1.54) is 35.6 Å². The van der Waals surface area contributed by atoms with E-state index in [1.807, 2.05) is 12.1 Å². The molecule has 1 atom stereocenters. The molecule has 146 valence electrons. The van der Waals surface area contributed by atoms with Crippen LogP contribution in [0.3, 0.4) is 0 Å². The summed E-state index contributed by atoms with van der Waals surface area (Å²) < 4.78 is 10.8. The molecule has 1 aromatic heterocycles. The summed E-state index contributed by atoms with van der Waals surface area (Å²) in [6.45, 7) is 2.06. The van der Waals surface area contributed by atoms with Gasteiger partial charge in [0.1, 0.15) is 11.3 Å². The van der Waals surface area contributed by atoms with Crippen LogP contribution in [0.25, 0.3) is 11.0 Å². The number of rotatable bonds is 6. The molecular formula is C24H27NO3. The first kappa shape index (κ1) is 18.8. The Balaban J connectivity index is 1.41. The van der Waals surface area contributed by atoms with Crippen molar-refractivity contribution >= 4 is 11.0 Å². The van der Waals surface area contributed by atoms with E-state index in [4.69, 9.17) is 9.15 Å². The number of ether oxygens (including phenoxy) is 1. The first-order valence-corrected chi connectivity index (χ1v) is 10.0. The van der Waals surface area contributed by atoms with E-state index in [0.29, 0.717) is 11.5 Å². The molecule has 0 saturated carbocycles. The van der Waals surface area contributed by atoms with Crippen molar-refractivity contribution in [2.45, 2.75) is 31.6 Å². The normalized spacial score (nSPS) is 16.3. The maximum absolute atomic E-state index is 11.3. The highest BCUT2D eigenvalue weighted by Crippen LogP contribution is 2.36. The van der Waals surface area contributed by atoms with Gasteiger partial charge < -0.3 is 14.1 Å². The number of hydrogen-bond acceptors (Lipinski definition) is 4. The maximum atomic E-state index is 11.3. The molecule has 3 aromatic rings. The first-order chi connectivity index (χ1) is 13.6. The Morgan fingerprint density at radius 3 is 2.93 bits per heavy atom. The van der Waals surface area contributed by atoms with Gasteiger partial charge in [0, 0.05) is 24.5 Å². The Morgan fingerprint density at radius 2 is 2.07 bits per heavy atom. The number of nitrogens with zero attached hydrogens (tertiary/aromatic N) is 1. The van der Waals surface area contributed by atoms with E-state index < -0.39 is 0 Å². The molecule has 1 aliphatic carbocycles. The van der Waals surface area contributed by atoms with Gasteiger partial charge in [-0.15, -0.1) is 0 Å². The molecule has 0 bridgehead atoms. The van der Waals surface area contributed by atoms with Gasteiger partial charge in [0.15, 0.2) is 0 Å². The van der Waals surface area contributed by atoms with Crippen LogP contribution in [0.1, 0.15) is 35.4 Å². The fourth-order valence-electron chi connectivity index (χ4n) is 4.36. The third kappa shape index (κ3) is 3.97. The zero-order valence-corrected chi connectivity index (χ0v) is 16.6. The number of hydrogen-bond donors (Lipinski definition) is 0. The average Bonchev–Trinajstić information content (AvgIpc) is 2.72. The minimum absolute atomic E-state index is 0.302. The van der Waals surface area contributed by atoms with Gasteiger partial charge in [0.25, 0.3) is 0 Å². The monoisotopic (exact) mass is 377 g/mol. The predicted molar refractivity (Wildman–Crippen MR) is 112 cm³/mol. The number of likely N-dealkylation sites (N-methyl/N-ethyl adjacent to an activating group) is 1. The summed E-state index contributed by atoms with van der Waals surface area (Å²) in [6, 6.07) is 15.8. The van der Waals surface area contributed by atoms with Gasteiger partial charge in [-0.1, -0.05) is 18.2 Å². The van der Waals surface area contributed by atoms with Crippen molar-refractivity contribution < 1.29 is 9.15 Å². The molecule has 0 radical (unpaired) electrons. The van der Waals surface area contributed by atoms with E-state index in [0.717, 1.165) is 37.1 Å². The average molecular weight is 377 g/mol. The molecular weight excluding hydrogens is 350 g/mol. The van der Waals surface area contributed by atoms with Crippen molar-refractivity contribution in [3.8, 4) is 5.75 Å². The summed E-state index contributed by atoms with van der Waals surface area (Å²) >= 11 is 0. The molecule has 0 amide bonds. The minimum Gasteiger partial charge on any atom is -0.496 e. The lowest BCUT2D eigenvalue weighted by Crippen LogP contribution is -2.28. The van der Waals surface area contributed by atoms with Crippen LogP contribution in [0.2, 0.25) is 0 Å². The second kappa shape index (κ2) is 8.19. The van der Waals surface area contributed by atoms with Crippen LogP contribution < -0.4 is 10.4 Å². The fraction of sp³-hybridized carbons (Fsp3) is 0.375. The summed E-state index contributed by atoms with van der Waals surface area (Å²) in [5.41, 5.74) is 4.46. The van der Waals surface area contributed by atoms with Crippen LogP contribution in [-0.2, 0) is 12.8 Å². The number of benzene rings is 2. The van der Waals surface area contributed by atoms with E-state index in [1.54, 1.807) is 7.11 Å². The van der Waals surface area contributed by atoms with Crippen molar-refractivity contribution in [2.24, 2.45) is 0 Å². The molecule has 0 saturated heterocycles. The lowest BCUT2D eigenvalue weighted by atomic mass is 9.82. The second-order valence-electron chi connectivity index (χ2n) is 7.76. The zero-order chi connectivity index (χ0) is 19.5. The van der Waals surface area contributed by atoms with Crippen LogP contribution in [-0.4, -0.2) is 32.1 Å². The topological polar surface area (TPSA) is 42.7 Å². The first-order valence-electron chi connectivity index (χ1n) is 10.0. The van der Waals surface area contributed by atoms with Crippen LogP contribution in [0, 0.1) is 0 Å². The summed E-state index contributed by atoms with van der Waals surface area (Å²) in [4.78, 5) is 13.7. The Morgan fingerprint density at radius 1 is 1.18 bits per heavy atom. The summed E-state index contributed by atoms with van der Waals surface area (Å²) in [7, 11) is 3.97. The minimum atomic E-state index is -0.302. The van der Waals surface area contributed by atoms with Gasteiger partial charge >= 0.3 is 5.63 Å². The molecule has 1 aliphatic rings. The maximum Gasteiger partial charge on any atom is 0.336 e. The van der Waals surface area contributed by atoms with E-state index >= 15 is 0 Å². The largest absolute Gasteiger partial charge is 0.496 e. The lowest BCUT2D eigenvalue weighted by molar-refractivity contribution is 0.299. The molecule has 4 heteroatoms. The molecule has 4 nitrogen and oxygen atoms in total. The van der Waals surface area contributed by atoms with Crippen molar-refractivity contribution in [3.05, 3.63) is 75.6 Å². The highest BCUT2D eigenvalue weighted by atomic mass is 16.5. The number of fused-ring (bicyclic) bond motifs is 2. The molecule has 28 heavy (non-hydrogen) atoms. The summed E-state index contributed by atoms with van der Waals surface area (Å²) in [5, 5.41) is 0.980. The molecule has 0 spiro atoms. The standard InChI is InChI=1S/C24H27NO3/c1-25(14-13-17-9-11-22-18(15-17)10-12-24(26)28-22)16-19-5-3-7-21-20(19)6-4-8-23(21)27-2/h4,6,8-12,15,19H,3,5,7,13-14,16H2,1-2H3. The van der Waals surface area contributed by atoms with Gasteiger partial charge in [-0.3, -0.25) is 0 Å². The van der Waals surface area contributed by atoms with Gasteiger partial charge in [0.2, 0.25) is 0 Å². The third-order valence-corrected chi connectivity index (χ3v) is 5.81. The Bertz CT molecular complexity index is 1020. The van der Waals surface area contributed by atoms with E-state index in [9.17, 15) is 4.79 Å². The molecule has 4 rings (SSSR count). The van der Waals surface area contributed by atoms with Crippen LogP contribution in [0.5, 0.6) is 5.75 Å². The molecule has 0 fully saturated rings.